The van der Waals surface area contributed by atoms with Gasteiger partial charge in [0.15, 0.2) is 10.3 Å². The number of hydrogen-bond donors (Lipinski definition) is 2. The highest BCUT2D eigenvalue weighted by atomic mass is 32.2. The van der Waals surface area contributed by atoms with Gasteiger partial charge in [-0.3, -0.25) is 4.79 Å². The normalized spacial score (nSPS) is 10.3. The minimum atomic E-state index is -0.0742. The lowest BCUT2D eigenvalue weighted by Gasteiger charge is -1.93. The van der Waals surface area contributed by atoms with E-state index in [1.807, 2.05) is 0 Å². The van der Waals surface area contributed by atoms with Crippen molar-refractivity contribution in [2.24, 2.45) is 0 Å². The molecule has 2 N–H and O–H groups in total. The van der Waals surface area contributed by atoms with Gasteiger partial charge in [0.05, 0.1) is 0 Å². The molecule has 0 aliphatic rings. The number of carbonyl (C=O) groups is 1. The number of nitrogens with one attached hydrogen (secondary N) is 2. The van der Waals surface area contributed by atoms with Gasteiger partial charge < -0.3 is 9.97 Å². The van der Waals surface area contributed by atoms with Crippen LogP contribution in [-0.2, 0) is 0 Å². The van der Waals surface area contributed by atoms with Crippen LogP contribution in [0.25, 0.3) is 0 Å². The van der Waals surface area contributed by atoms with Gasteiger partial charge in [0.2, 0.25) is 0 Å². The van der Waals surface area contributed by atoms with E-state index < -0.39 is 0 Å². The number of rotatable bonds is 2. The Hall–Kier alpha value is -1.21. The molecule has 0 aliphatic heterocycles. The maximum absolute atomic E-state index is 11.4. The summed E-state index contributed by atoms with van der Waals surface area (Å²) in [4.78, 5) is 24.9. The molecule has 5 nitrogen and oxygen atoms in total. The third kappa shape index (κ3) is 2.39. The molecule has 14 heavy (non-hydrogen) atoms. The van der Waals surface area contributed by atoms with Crippen LogP contribution in [-0.4, -0.2) is 24.4 Å². The van der Waals surface area contributed by atoms with E-state index in [1.165, 1.54) is 0 Å². The Morgan fingerprint density at radius 3 is 1.93 bits per heavy atom. The molecule has 0 aromatic carbocycles. The molecule has 0 aliphatic carbocycles. The molecule has 0 unspecified atom stereocenters. The SMILES string of the molecule is O=C(Sc1ncc[nH]1)Sc1ncc[nH]1. The highest BCUT2D eigenvalue weighted by molar-refractivity contribution is 8.38. The van der Waals surface area contributed by atoms with Crippen LogP contribution in [0.15, 0.2) is 35.1 Å². The lowest BCUT2D eigenvalue weighted by molar-refractivity contribution is 0.276. The predicted molar refractivity (Wildman–Crippen MR) is 54.3 cm³/mol. The van der Waals surface area contributed by atoms with E-state index in [-0.39, 0.29) is 4.45 Å². The van der Waals surface area contributed by atoms with Crippen LogP contribution in [0.1, 0.15) is 0 Å². The lowest BCUT2D eigenvalue weighted by atomic mass is 11.0. The number of aromatic amines is 2. The first-order valence-electron chi connectivity index (χ1n) is 3.73. The van der Waals surface area contributed by atoms with E-state index in [2.05, 4.69) is 19.9 Å². The monoisotopic (exact) mass is 226 g/mol. The molecule has 0 saturated carbocycles. The average Bonchev–Trinajstić information content (AvgIpc) is 2.76. The molecule has 0 radical (unpaired) electrons. The van der Waals surface area contributed by atoms with Crippen LogP contribution in [0, 0.1) is 0 Å². The molecule has 0 atom stereocenters. The van der Waals surface area contributed by atoms with Crippen molar-refractivity contribution in [1.29, 1.82) is 0 Å². The molecule has 2 aromatic rings. The van der Waals surface area contributed by atoms with Crippen molar-refractivity contribution < 1.29 is 4.79 Å². The standard InChI is InChI=1S/C7H6N4OS2/c12-7(13-5-8-1-2-9-5)14-6-10-3-4-11-6/h1-4H,(H,8,9)(H,10,11). The second-order valence-electron chi connectivity index (χ2n) is 2.24. The van der Waals surface area contributed by atoms with Crippen molar-refractivity contribution in [2.45, 2.75) is 10.3 Å². The molecule has 7 heteroatoms. The molecule has 0 amide bonds. The molecular weight excluding hydrogens is 220 g/mol. The topological polar surface area (TPSA) is 74.4 Å². The van der Waals surface area contributed by atoms with Crippen molar-refractivity contribution in [1.82, 2.24) is 19.9 Å². The van der Waals surface area contributed by atoms with E-state index in [0.717, 1.165) is 23.5 Å². The number of carbonyl (C=O) groups excluding carboxylic acids is 1. The third-order valence-electron chi connectivity index (χ3n) is 1.31. The smallest absolute Gasteiger partial charge is 0.261 e. The fourth-order valence-corrected chi connectivity index (χ4v) is 2.23. The summed E-state index contributed by atoms with van der Waals surface area (Å²) in [6.45, 7) is 0. The first kappa shape index (κ1) is 9.35. The number of aromatic nitrogens is 4. The molecule has 0 spiro atoms. The number of hydrogen-bond acceptors (Lipinski definition) is 5. The summed E-state index contributed by atoms with van der Waals surface area (Å²) < 4.78 is -0.0742. The zero-order valence-electron chi connectivity index (χ0n) is 6.93. The van der Waals surface area contributed by atoms with Gasteiger partial charge >= 0.3 is 0 Å². The fourth-order valence-electron chi connectivity index (χ4n) is 0.792. The van der Waals surface area contributed by atoms with Crippen LogP contribution in [0.4, 0.5) is 4.79 Å². The first-order chi connectivity index (χ1) is 6.84. The van der Waals surface area contributed by atoms with Gasteiger partial charge in [0, 0.05) is 24.8 Å². The van der Waals surface area contributed by atoms with Gasteiger partial charge in [0.1, 0.15) is 0 Å². The van der Waals surface area contributed by atoms with Gasteiger partial charge in [-0.25, -0.2) is 9.97 Å². The highest BCUT2D eigenvalue weighted by Gasteiger charge is 2.09. The summed E-state index contributed by atoms with van der Waals surface area (Å²) in [5, 5.41) is 1.18. The Balaban J connectivity index is 1.91. The second kappa shape index (κ2) is 4.34. The van der Waals surface area contributed by atoms with Crippen LogP contribution in [0.3, 0.4) is 0 Å². The average molecular weight is 226 g/mol. The maximum Gasteiger partial charge on any atom is 0.261 e. The molecule has 2 aromatic heterocycles. The van der Waals surface area contributed by atoms with E-state index in [0.29, 0.717) is 10.3 Å². The van der Waals surface area contributed by atoms with Crippen LogP contribution >= 0.6 is 23.5 Å². The predicted octanol–water partition coefficient (Wildman–Crippen LogP) is 2.14. The van der Waals surface area contributed by atoms with Crippen LogP contribution in [0.5, 0.6) is 0 Å². The molecule has 2 heterocycles. The molecule has 0 fully saturated rings. The van der Waals surface area contributed by atoms with Crippen LogP contribution < -0.4 is 0 Å². The summed E-state index contributed by atoms with van der Waals surface area (Å²) in [5.74, 6) is 0. The third-order valence-corrected chi connectivity index (χ3v) is 2.97. The largest absolute Gasteiger partial charge is 0.339 e. The second-order valence-corrected chi connectivity index (χ2v) is 4.42. The molecular formula is C7H6N4OS2. The Bertz CT molecular complexity index is 359. The Kier molecular flexibility index (Phi) is 2.90. The van der Waals surface area contributed by atoms with Crippen LogP contribution in [0.2, 0.25) is 0 Å². The van der Waals surface area contributed by atoms with Gasteiger partial charge in [-0.1, -0.05) is 0 Å². The fraction of sp³-hybridized carbons (Fsp3) is 0. The zero-order valence-corrected chi connectivity index (χ0v) is 8.56. The minimum Gasteiger partial charge on any atom is -0.339 e. The maximum atomic E-state index is 11.4. The number of imidazole rings is 2. The Labute approximate surface area is 88.1 Å². The Morgan fingerprint density at radius 1 is 1.07 bits per heavy atom. The lowest BCUT2D eigenvalue weighted by Crippen LogP contribution is -1.84. The summed E-state index contributed by atoms with van der Waals surface area (Å²) >= 11 is 2.09. The van der Waals surface area contributed by atoms with Crippen molar-refractivity contribution in [3.63, 3.8) is 0 Å². The molecule has 72 valence electrons. The number of thioether (sulfide) groups is 2. The summed E-state index contributed by atoms with van der Waals surface area (Å²) in [7, 11) is 0. The van der Waals surface area contributed by atoms with E-state index in [4.69, 9.17) is 0 Å². The zero-order chi connectivity index (χ0) is 9.80. The molecule has 0 bridgehead atoms. The number of H-pyrrole nitrogens is 2. The van der Waals surface area contributed by atoms with E-state index in [9.17, 15) is 4.79 Å². The van der Waals surface area contributed by atoms with Crippen molar-refractivity contribution in [3.8, 4) is 0 Å². The van der Waals surface area contributed by atoms with Gasteiger partial charge in [0.25, 0.3) is 4.45 Å². The molecule has 0 saturated heterocycles. The summed E-state index contributed by atoms with van der Waals surface area (Å²) in [6, 6.07) is 0. The van der Waals surface area contributed by atoms with Crippen molar-refractivity contribution in [3.05, 3.63) is 24.8 Å². The summed E-state index contributed by atoms with van der Waals surface area (Å²) in [6.07, 6.45) is 6.56. The minimum absolute atomic E-state index is 0.0742. The van der Waals surface area contributed by atoms with Gasteiger partial charge in [-0.15, -0.1) is 0 Å². The van der Waals surface area contributed by atoms with Crippen molar-refractivity contribution in [2.75, 3.05) is 0 Å². The highest BCUT2D eigenvalue weighted by Crippen LogP contribution is 2.26. The first-order valence-corrected chi connectivity index (χ1v) is 5.36. The quantitative estimate of drug-likeness (QED) is 0.767. The van der Waals surface area contributed by atoms with E-state index in [1.54, 1.807) is 24.8 Å². The Morgan fingerprint density at radius 2 is 1.57 bits per heavy atom. The van der Waals surface area contributed by atoms with Gasteiger partial charge in [-0.05, 0) is 23.5 Å². The molecule has 2 rings (SSSR count). The van der Waals surface area contributed by atoms with E-state index >= 15 is 0 Å². The van der Waals surface area contributed by atoms with Gasteiger partial charge in [-0.2, -0.15) is 0 Å². The summed E-state index contributed by atoms with van der Waals surface area (Å²) in [5.41, 5.74) is 0. The van der Waals surface area contributed by atoms with Crippen molar-refractivity contribution >= 4 is 28.0 Å². The number of nitrogens with zero attached hydrogens (tertiary/aromatic N) is 2.